The predicted molar refractivity (Wildman–Crippen MR) is 81.5 cm³/mol. The summed E-state index contributed by atoms with van der Waals surface area (Å²) in [6.07, 6.45) is 0.995. The van der Waals surface area contributed by atoms with Gasteiger partial charge in [-0.25, -0.2) is 0 Å². The maximum absolute atomic E-state index is 12.4. The lowest BCUT2D eigenvalue weighted by Gasteiger charge is -2.14. The molecule has 0 aliphatic carbocycles. The maximum Gasteiger partial charge on any atom is 0.222 e. The van der Waals surface area contributed by atoms with E-state index in [1.54, 1.807) is 42.1 Å². The third-order valence-electron chi connectivity index (χ3n) is 2.81. The molecule has 1 atom stereocenters. The van der Waals surface area contributed by atoms with Crippen LogP contribution in [0, 0.1) is 0 Å². The van der Waals surface area contributed by atoms with Crippen molar-refractivity contribution < 1.29 is 9.53 Å². The van der Waals surface area contributed by atoms with Crippen molar-refractivity contribution in [2.75, 3.05) is 0 Å². The van der Waals surface area contributed by atoms with E-state index in [2.05, 4.69) is 21.0 Å². The minimum absolute atomic E-state index is 0.129. The first kappa shape index (κ1) is 15.1. The molecule has 0 saturated carbocycles. The number of ether oxygens (including phenoxy) is 1. The highest BCUT2D eigenvalue weighted by Crippen LogP contribution is 2.22. The fraction of sp³-hybridized carbons (Fsp3) is 0.286. The van der Waals surface area contributed by atoms with E-state index in [0.29, 0.717) is 27.5 Å². The molecule has 6 heteroatoms. The number of ketones is 1. The van der Waals surface area contributed by atoms with Crippen LogP contribution in [0.4, 0.5) is 0 Å². The number of Topliss-reactive ketones (excluding diaryl/α,β-unsaturated/α-hetero) is 1. The topological polar surface area (TPSA) is 44.1 Å². The fourth-order valence-electron chi connectivity index (χ4n) is 1.84. The summed E-state index contributed by atoms with van der Waals surface area (Å²) in [5, 5.41) is 4.70. The highest BCUT2D eigenvalue weighted by molar-refractivity contribution is 9.10. The monoisotopic (exact) mass is 356 g/mol. The van der Waals surface area contributed by atoms with Crippen molar-refractivity contribution in [1.82, 2.24) is 9.78 Å². The molecule has 0 radical (unpaired) electrons. The smallest absolute Gasteiger partial charge is 0.222 e. The molecule has 0 aliphatic rings. The summed E-state index contributed by atoms with van der Waals surface area (Å²) in [5.41, 5.74) is 0.516. The molecule has 4 nitrogen and oxygen atoms in total. The molecular formula is C14H14BrClN2O2. The van der Waals surface area contributed by atoms with Crippen LogP contribution in [0.15, 0.2) is 34.9 Å². The first-order valence-corrected chi connectivity index (χ1v) is 7.37. The Bertz CT molecular complexity index is 627. The Morgan fingerprint density at radius 3 is 2.95 bits per heavy atom. The van der Waals surface area contributed by atoms with Gasteiger partial charge in [0.05, 0.1) is 10.7 Å². The Kier molecular flexibility index (Phi) is 4.83. The third kappa shape index (κ3) is 3.22. The molecule has 0 bridgehead atoms. The van der Waals surface area contributed by atoms with E-state index < -0.39 is 6.10 Å². The van der Waals surface area contributed by atoms with Gasteiger partial charge < -0.3 is 4.74 Å². The SMILES string of the molecule is CCn1ncc(Br)c1C(=O)C(C)Oc1cccc(Cl)c1. The van der Waals surface area contributed by atoms with Crippen LogP contribution in [-0.4, -0.2) is 21.7 Å². The fourth-order valence-corrected chi connectivity index (χ4v) is 2.51. The number of benzene rings is 1. The van der Waals surface area contributed by atoms with Crippen LogP contribution in [0.3, 0.4) is 0 Å². The van der Waals surface area contributed by atoms with Crippen LogP contribution in [-0.2, 0) is 6.54 Å². The highest BCUT2D eigenvalue weighted by Gasteiger charge is 2.23. The highest BCUT2D eigenvalue weighted by atomic mass is 79.9. The minimum Gasteiger partial charge on any atom is -0.482 e. The van der Waals surface area contributed by atoms with E-state index in [-0.39, 0.29) is 5.78 Å². The van der Waals surface area contributed by atoms with Crippen LogP contribution < -0.4 is 4.74 Å². The molecule has 0 amide bonds. The van der Waals surface area contributed by atoms with E-state index in [9.17, 15) is 4.79 Å². The molecule has 1 aromatic heterocycles. The number of aromatic nitrogens is 2. The summed E-state index contributed by atoms with van der Waals surface area (Å²) >= 11 is 9.24. The molecule has 0 N–H and O–H groups in total. The summed E-state index contributed by atoms with van der Waals surface area (Å²) in [7, 11) is 0. The second kappa shape index (κ2) is 6.41. The minimum atomic E-state index is -0.619. The standard InChI is InChI=1S/C14H14BrClN2O2/c1-3-18-13(12(15)8-17-18)14(19)9(2)20-11-6-4-5-10(16)7-11/h4-9H,3H2,1-2H3. The molecular weight excluding hydrogens is 344 g/mol. The van der Waals surface area contributed by atoms with Gasteiger partial charge in [0.15, 0.2) is 6.10 Å². The molecule has 2 aromatic rings. The molecule has 2 rings (SSSR count). The van der Waals surface area contributed by atoms with E-state index in [1.165, 1.54) is 0 Å². The van der Waals surface area contributed by atoms with Crippen molar-refractivity contribution in [3.63, 3.8) is 0 Å². The Morgan fingerprint density at radius 1 is 1.55 bits per heavy atom. The molecule has 1 heterocycles. The Labute approximate surface area is 130 Å². The quantitative estimate of drug-likeness (QED) is 0.761. The molecule has 0 aliphatic heterocycles. The van der Waals surface area contributed by atoms with Gasteiger partial charge in [0.25, 0.3) is 0 Å². The Balaban J connectivity index is 2.18. The van der Waals surface area contributed by atoms with Gasteiger partial charge in [-0.2, -0.15) is 5.10 Å². The van der Waals surface area contributed by atoms with Gasteiger partial charge in [-0.3, -0.25) is 9.48 Å². The van der Waals surface area contributed by atoms with Crippen molar-refractivity contribution in [2.24, 2.45) is 0 Å². The summed E-state index contributed by atoms with van der Waals surface area (Å²) < 4.78 is 7.95. The van der Waals surface area contributed by atoms with Crippen LogP contribution in [0.25, 0.3) is 0 Å². The zero-order chi connectivity index (χ0) is 14.7. The van der Waals surface area contributed by atoms with Gasteiger partial charge in [0, 0.05) is 11.6 Å². The zero-order valence-electron chi connectivity index (χ0n) is 11.1. The summed E-state index contributed by atoms with van der Waals surface area (Å²) in [6.45, 7) is 4.26. The first-order valence-electron chi connectivity index (χ1n) is 6.20. The molecule has 0 saturated heterocycles. The molecule has 1 unspecified atom stereocenters. The number of carbonyl (C=O) groups excluding carboxylic acids is 1. The van der Waals surface area contributed by atoms with Gasteiger partial charge in [-0.1, -0.05) is 17.7 Å². The molecule has 0 spiro atoms. The molecule has 0 fully saturated rings. The number of rotatable bonds is 5. The molecule has 20 heavy (non-hydrogen) atoms. The lowest BCUT2D eigenvalue weighted by Crippen LogP contribution is -2.26. The lowest BCUT2D eigenvalue weighted by molar-refractivity contribution is 0.0806. The van der Waals surface area contributed by atoms with E-state index in [1.807, 2.05) is 6.92 Å². The second-order valence-electron chi connectivity index (χ2n) is 4.24. The Morgan fingerprint density at radius 2 is 2.30 bits per heavy atom. The van der Waals surface area contributed by atoms with Crippen LogP contribution in [0.1, 0.15) is 24.3 Å². The number of carbonyl (C=O) groups is 1. The third-order valence-corrected chi connectivity index (χ3v) is 3.62. The largest absolute Gasteiger partial charge is 0.482 e. The number of hydrogen-bond donors (Lipinski definition) is 0. The van der Waals surface area contributed by atoms with Crippen molar-refractivity contribution in [3.8, 4) is 5.75 Å². The van der Waals surface area contributed by atoms with E-state index in [4.69, 9.17) is 16.3 Å². The van der Waals surface area contributed by atoms with Crippen molar-refractivity contribution in [1.29, 1.82) is 0 Å². The average Bonchev–Trinajstić information content (AvgIpc) is 2.79. The van der Waals surface area contributed by atoms with Gasteiger partial charge in [-0.05, 0) is 48.0 Å². The average molecular weight is 358 g/mol. The van der Waals surface area contributed by atoms with Crippen molar-refractivity contribution in [2.45, 2.75) is 26.5 Å². The number of nitrogens with zero attached hydrogens (tertiary/aromatic N) is 2. The number of aryl methyl sites for hydroxylation is 1. The summed E-state index contributed by atoms with van der Waals surface area (Å²) in [6, 6.07) is 6.98. The molecule has 1 aromatic carbocycles. The van der Waals surface area contributed by atoms with Gasteiger partial charge in [0.1, 0.15) is 11.4 Å². The van der Waals surface area contributed by atoms with Gasteiger partial charge in [0.2, 0.25) is 5.78 Å². The van der Waals surface area contributed by atoms with Crippen LogP contribution in [0.5, 0.6) is 5.75 Å². The first-order chi connectivity index (χ1) is 9.52. The summed E-state index contributed by atoms with van der Waals surface area (Å²) in [4.78, 5) is 12.4. The predicted octanol–water partition coefficient (Wildman–Crippen LogP) is 3.97. The van der Waals surface area contributed by atoms with Gasteiger partial charge >= 0.3 is 0 Å². The zero-order valence-corrected chi connectivity index (χ0v) is 13.5. The maximum atomic E-state index is 12.4. The van der Waals surface area contributed by atoms with Crippen LogP contribution in [0.2, 0.25) is 5.02 Å². The van der Waals surface area contributed by atoms with Crippen molar-refractivity contribution >= 4 is 33.3 Å². The van der Waals surface area contributed by atoms with E-state index >= 15 is 0 Å². The number of hydrogen-bond acceptors (Lipinski definition) is 3. The normalized spacial score (nSPS) is 12.2. The van der Waals surface area contributed by atoms with Crippen molar-refractivity contribution in [3.05, 3.63) is 45.7 Å². The summed E-state index contributed by atoms with van der Waals surface area (Å²) in [5.74, 6) is 0.438. The van der Waals surface area contributed by atoms with Crippen LogP contribution >= 0.6 is 27.5 Å². The number of halogens is 2. The van der Waals surface area contributed by atoms with Gasteiger partial charge in [-0.15, -0.1) is 0 Å². The van der Waals surface area contributed by atoms with E-state index in [0.717, 1.165) is 0 Å². The second-order valence-corrected chi connectivity index (χ2v) is 5.53. The Hall–Kier alpha value is -1.33. The lowest BCUT2D eigenvalue weighted by atomic mass is 10.2. The molecule has 106 valence electrons.